The molecule has 0 atom stereocenters. The van der Waals surface area contributed by atoms with Crippen molar-refractivity contribution in [3.63, 3.8) is 0 Å². The highest BCUT2D eigenvalue weighted by Crippen LogP contribution is 2.18. The number of aromatic nitrogens is 3. The van der Waals surface area contributed by atoms with Crippen LogP contribution in [0.15, 0.2) is 24.5 Å². The summed E-state index contributed by atoms with van der Waals surface area (Å²) in [6.45, 7) is 5.71. The highest BCUT2D eigenvalue weighted by Gasteiger charge is 2.06. The molecule has 0 spiro atoms. The maximum atomic E-state index is 6.20. The van der Waals surface area contributed by atoms with Gasteiger partial charge in [-0.1, -0.05) is 18.5 Å². The standard InChI is InChI=1S/C12H15ClN4/c1-3-14-7-10-6-11(13)12(15-8-10)17-5-4-9(2)16-17/h4-6,8,14H,3,7H2,1-2H3. The zero-order chi connectivity index (χ0) is 12.3. The van der Waals surface area contributed by atoms with Crippen molar-refractivity contribution in [2.45, 2.75) is 20.4 Å². The second-order valence-electron chi connectivity index (χ2n) is 3.83. The Balaban J connectivity index is 2.25. The molecule has 4 nitrogen and oxygen atoms in total. The summed E-state index contributed by atoms with van der Waals surface area (Å²) in [6.07, 6.45) is 3.67. The van der Waals surface area contributed by atoms with Crippen molar-refractivity contribution in [2.24, 2.45) is 0 Å². The molecular weight excluding hydrogens is 236 g/mol. The molecule has 5 heteroatoms. The molecule has 17 heavy (non-hydrogen) atoms. The predicted molar refractivity (Wildman–Crippen MR) is 68.5 cm³/mol. The Bertz CT molecular complexity index is 507. The van der Waals surface area contributed by atoms with Crippen LogP contribution in [0, 0.1) is 6.92 Å². The Morgan fingerprint density at radius 2 is 2.29 bits per heavy atom. The molecule has 0 aliphatic carbocycles. The first-order valence-corrected chi connectivity index (χ1v) is 5.96. The van der Waals surface area contributed by atoms with Crippen LogP contribution in [0.25, 0.3) is 5.82 Å². The van der Waals surface area contributed by atoms with Crippen molar-refractivity contribution in [2.75, 3.05) is 6.54 Å². The van der Waals surface area contributed by atoms with Gasteiger partial charge in [-0.05, 0) is 31.2 Å². The molecule has 2 heterocycles. The van der Waals surface area contributed by atoms with Gasteiger partial charge in [0.05, 0.1) is 10.7 Å². The second kappa shape index (κ2) is 5.29. The molecule has 90 valence electrons. The molecule has 0 fully saturated rings. The highest BCUT2D eigenvalue weighted by molar-refractivity contribution is 6.32. The van der Waals surface area contributed by atoms with E-state index in [1.807, 2.05) is 31.5 Å². The van der Waals surface area contributed by atoms with Gasteiger partial charge >= 0.3 is 0 Å². The summed E-state index contributed by atoms with van der Waals surface area (Å²) < 4.78 is 1.69. The highest BCUT2D eigenvalue weighted by atomic mass is 35.5. The van der Waals surface area contributed by atoms with Gasteiger partial charge in [0.2, 0.25) is 0 Å². The van der Waals surface area contributed by atoms with E-state index in [-0.39, 0.29) is 0 Å². The van der Waals surface area contributed by atoms with Crippen molar-refractivity contribution in [1.82, 2.24) is 20.1 Å². The van der Waals surface area contributed by atoms with Crippen LogP contribution in [0.1, 0.15) is 18.2 Å². The van der Waals surface area contributed by atoms with E-state index < -0.39 is 0 Å². The molecule has 0 aliphatic heterocycles. The molecule has 0 saturated heterocycles. The smallest absolute Gasteiger partial charge is 0.172 e. The van der Waals surface area contributed by atoms with Crippen LogP contribution in [0.4, 0.5) is 0 Å². The first-order chi connectivity index (χ1) is 8.20. The lowest BCUT2D eigenvalue weighted by Gasteiger charge is -2.06. The topological polar surface area (TPSA) is 42.7 Å². The Kier molecular flexibility index (Phi) is 3.76. The van der Waals surface area contributed by atoms with Gasteiger partial charge in [-0.2, -0.15) is 5.10 Å². The molecule has 0 aliphatic rings. The Hall–Kier alpha value is -1.39. The van der Waals surface area contributed by atoms with Gasteiger partial charge in [0.15, 0.2) is 5.82 Å². The number of hydrogen-bond acceptors (Lipinski definition) is 3. The third kappa shape index (κ3) is 2.84. The fraction of sp³-hybridized carbons (Fsp3) is 0.333. The van der Waals surface area contributed by atoms with Crippen molar-refractivity contribution in [3.05, 3.63) is 40.8 Å². The van der Waals surface area contributed by atoms with E-state index in [0.29, 0.717) is 10.8 Å². The minimum absolute atomic E-state index is 0.614. The van der Waals surface area contributed by atoms with Gasteiger partial charge in [0.25, 0.3) is 0 Å². The van der Waals surface area contributed by atoms with E-state index in [4.69, 9.17) is 11.6 Å². The SMILES string of the molecule is CCNCc1cnc(-n2ccc(C)n2)c(Cl)c1. The average molecular weight is 251 g/mol. The molecule has 0 aromatic carbocycles. The monoisotopic (exact) mass is 250 g/mol. The largest absolute Gasteiger partial charge is 0.313 e. The van der Waals surface area contributed by atoms with Crippen LogP contribution in [-0.2, 0) is 6.54 Å². The van der Waals surface area contributed by atoms with Gasteiger partial charge < -0.3 is 5.32 Å². The Morgan fingerprint density at radius 1 is 1.47 bits per heavy atom. The summed E-state index contributed by atoms with van der Waals surface area (Å²) in [5.41, 5.74) is 2.02. The van der Waals surface area contributed by atoms with Crippen molar-refractivity contribution in [3.8, 4) is 5.82 Å². The number of nitrogens with one attached hydrogen (secondary N) is 1. The molecule has 1 N–H and O–H groups in total. The predicted octanol–water partition coefficient (Wildman–Crippen LogP) is 2.34. The van der Waals surface area contributed by atoms with Crippen LogP contribution in [0.2, 0.25) is 5.02 Å². The molecule has 2 aromatic rings. The van der Waals surface area contributed by atoms with E-state index in [9.17, 15) is 0 Å². The molecule has 0 amide bonds. The quantitative estimate of drug-likeness (QED) is 0.906. The van der Waals surface area contributed by atoms with Gasteiger partial charge in [-0.3, -0.25) is 0 Å². The Morgan fingerprint density at radius 3 is 2.88 bits per heavy atom. The zero-order valence-electron chi connectivity index (χ0n) is 9.94. The van der Waals surface area contributed by atoms with Crippen molar-refractivity contribution in [1.29, 1.82) is 0 Å². The summed E-state index contributed by atoms with van der Waals surface area (Å²) in [6, 6.07) is 3.84. The lowest BCUT2D eigenvalue weighted by molar-refractivity contribution is 0.722. The number of hydrogen-bond donors (Lipinski definition) is 1. The number of halogens is 1. The normalized spacial score (nSPS) is 10.8. The molecular formula is C12H15ClN4. The van der Waals surface area contributed by atoms with E-state index in [2.05, 4.69) is 22.3 Å². The first kappa shape index (κ1) is 12.1. The van der Waals surface area contributed by atoms with Crippen LogP contribution >= 0.6 is 11.6 Å². The third-order valence-electron chi connectivity index (χ3n) is 2.40. The van der Waals surface area contributed by atoms with Gasteiger partial charge in [0, 0.05) is 18.9 Å². The fourth-order valence-corrected chi connectivity index (χ4v) is 1.81. The summed E-state index contributed by atoms with van der Waals surface area (Å²) in [5.74, 6) is 0.667. The lowest BCUT2D eigenvalue weighted by Crippen LogP contribution is -2.12. The maximum Gasteiger partial charge on any atom is 0.172 e. The van der Waals surface area contributed by atoms with Crippen LogP contribution in [0.3, 0.4) is 0 Å². The van der Waals surface area contributed by atoms with E-state index in [0.717, 1.165) is 24.3 Å². The van der Waals surface area contributed by atoms with Gasteiger partial charge in [0.1, 0.15) is 0 Å². The summed E-state index contributed by atoms with van der Waals surface area (Å²) in [4.78, 5) is 4.34. The molecule has 0 unspecified atom stereocenters. The molecule has 0 saturated carbocycles. The molecule has 2 aromatic heterocycles. The summed E-state index contributed by atoms with van der Waals surface area (Å²) in [5, 5.41) is 8.14. The molecule has 2 rings (SSSR count). The lowest BCUT2D eigenvalue weighted by atomic mass is 10.3. The summed E-state index contributed by atoms with van der Waals surface area (Å²) in [7, 11) is 0. The Labute approximate surface area is 106 Å². The number of rotatable bonds is 4. The summed E-state index contributed by atoms with van der Waals surface area (Å²) >= 11 is 6.20. The number of aryl methyl sites for hydroxylation is 1. The minimum Gasteiger partial charge on any atom is -0.313 e. The second-order valence-corrected chi connectivity index (χ2v) is 4.24. The van der Waals surface area contributed by atoms with E-state index in [1.165, 1.54) is 0 Å². The first-order valence-electron chi connectivity index (χ1n) is 5.58. The average Bonchev–Trinajstić information content (AvgIpc) is 2.73. The molecule has 0 radical (unpaired) electrons. The fourth-order valence-electron chi connectivity index (χ4n) is 1.54. The number of nitrogens with zero attached hydrogens (tertiary/aromatic N) is 3. The van der Waals surface area contributed by atoms with Crippen LogP contribution in [-0.4, -0.2) is 21.3 Å². The van der Waals surface area contributed by atoms with Crippen molar-refractivity contribution < 1.29 is 0 Å². The minimum atomic E-state index is 0.614. The van der Waals surface area contributed by atoms with Crippen LogP contribution < -0.4 is 5.32 Å². The number of pyridine rings is 1. The van der Waals surface area contributed by atoms with Gasteiger partial charge in [-0.15, -0.1) is 0 Å². The van der Waals surface area contributed by atoms with Gasteiger partial charge in [-0.25, -0.2) is 9.67 Å². The van der Waals surface area contributed by atoms with E-state index >= 15 is 0 Å². The van der Waals surface area contributed by atoms with Crippen molar-refractivity contribution >= 4 is 11.6 Å². The van der Waals surface area contributed by atoms with Crippen LogP contribution in [0.5, 0.6) is 0 Å². The zero-order valence-corrected chi connectivity index (χ0v) is 10.7. The van der Waals surface area contributed by atoms with E-state index in [1.54, 1.807) is 4.68 Å². The molecule has 0 bridgehead atoms. The maximum absolute atomic E-state index is 6.20. The third-order valence-corrected chi connectivity index (χ3v) is 2.68.